The van der Waals surface area contributed by atoms with Crippen molar-refractivity contribution < 1.29 is 9.90 Å². The molecular weight excluding hydrogens is 192 g/mol. The topological polar surface area (TPSA) is 89.3 Å². The Morgan fingerprint density at radius 3 is 2.13 bits per heavy atom. The minimum absolute atomic E-state index is 0.399. The van der Waals surface area contributed by atoms with Gasteiger partial charge in [-0.05, 0) is 30.0 Å². The van der Waals surface area contributed by atoms with Gasteiger partial charge in [-0.2, -0.15) is 0 Å². The number of hydrogen-bond acceptors (Lipinski definition) is 2. The van der Waals surface area contributed by atoms with Crippen LogP contribution in [0.4, 0.5) is 4.79 Å². The molecule has 0 heterocycles. The Morgan fingerprint density at radius 1 is 1.33 bits per heavy atom. The van der Waals surface area contributed by atoms with Gasteiger partial charge >= 0.3 is 6.03 Å². The first kappa shape index (κ1) is 13.3. The highest BCUT2D eigenvalue weighted by Crippen LogP contribution is 2.25. The van der Waals surface area contributed by atoms with Crippen LogP contribution in [-0.4, -0.2) is 11.1 Å². The van der Waals surface area contributed by atoms with Gasteiger partial charge in [0.2, 0.25) is 0 Å². The van der Waals surface area contributed by atoms with Crippen molar-refractivity contribution in [3.05, 3.63) is 29.3 Å². The molecule has 0 fully saturated rings. The van der Waals surface area contributed by atoms with Crippen LogP contribution in [-0.2, 0) is 0 Å². The molecule has 0 bridgehead atoms. The number of amides is 2. The SMILES string of the molecule is Cc1ccc(C(C)C)c(O)c1.NC(N)=O. The normalized spacial score (nSPS) is 9.33. The molecule has 0 atom stereocenters. The first-order chi connectivity index (χ1) is 6.84. The summed E-state index contributed by atoms with van der Waals surface area (Å²) >= 11 is 0. The second kappa shape index (κ2) is 5.90. The molecule has 1 aromatic carbocycles. The zero-order chi connectivity index (χ0) is 12.0. The van der Waals surface area contributed by atoms with Gasteiger partial charge in [-0.15, -0.1) is 0 Å². The van der Waals surface area contributed by atoms with Crippen molar-refractivity contribution in [2.75, 3.05) is 0 Å². The van der Waals surface area contributed by atoms with E-state index in [1.807, 2.05) is 19.1 Å². The smallest absolute Gasteiger partial charge is 0.309 e. The van der Waals surface area contributed by atoms with Crippen LogP contribution in [0.15, 0.2) is 18.2 Å². The van der Waals surface area contributed by atoms with Crippen LogP contribution in [0.1, 0.15) is 30.9 Å². The van der Waals surface area contributed by atoms with E-state index in [0.717, 1.165) is 11.1 Å². The van der Waals surface area contributed by atoms with Crippen molar-refractivity contribution in [3.8, 4) is 5.75 Å². The van der Waals surface area contributed by atoms with Crippen molar-refractivity contribution in [2.45, 2.75) is 26.7 Å². The molecule has 0 saturated heterocycles. The van der Waals surface area contributed by atoms with E-state index in [9.17, 15) is 5.11 Å². The molecule has 4 nitrogen and oxygen atoms in total. The van der Waals surface area contributed by atoms with E-state index in [2.05, 4.69) is 25.3 Å². The third kappa shape index (κ3) is 5.57. The van der Waals surface area contributed by atoms with Crippen molar-refractivity contribution >= 4 is 6.03 Å². The average molecular weight is 210 g/mol. The van der Waals surface area contributed by atoms with Crippen molar-refractivity contribution in [2.24, 2.45) is 11.5 Å². The molecule has 0 saturated carbocycles. The maximum absolute atomic E-state index is 9.46. The van der Waals surface area contributed by atoms with Crippen molar-refractivity contribution in [1.29, 1.82) is 0 Å². The van der Waals surface area contributed by atoms with E-state index < -0.39 is 6.03 Å². The largest absolute Gasteiger partial charge is 0.508 e. The van der Waals surface area contributed by atoms with Gasteiger partial charge in [0, 0.05) is 0 Å². The molecular formula is C11H18N2O2. The lowest BCUT2D eigenvalue weighted by Gasteiger charge is -2.07. The first-order valence-electron chi connectivity index (χ1n) is 4.69. The highest BCUT2D eigenvalue weighted by atomic mass is 16.3. The highest BCUT2D eigenvalue weighted by Gasteiger charge is 2.03. The predicted molar refractivity (Wildman–Crippen MR) is 60.7 cm³/mol. The molecule has 0 spiro atoms. The van der Waals surface area contributed by atoms with Crippen LogP contribution < -0.4 is 11.5 Å². The Hall–Kier alpha value is -1.71. The summed E-state index contributed by atoms with van der Waals surface area (Å²) in [4.78, 5) is 9.00. The molecule has 0 unspecified atom stereocenters. The number of benzene rings is 1. The molecule has 15 heavy (non-hydrogen) atoms. The van der Waals surface area contributed by atoms with Crippen LogP contribution in [0, 0.1) is 6.92 Å². The minimum atomic E-state index is -0.833. The number of primary amides is 2. The molecule has 5 N–H and O–H groups in total. The van der Waals surface area contributed by atoms with Gasteiger partial charge in [0.1, 0.15) is 5.75 Å². The average Bonchev–Trinajstić information content (AvgIpc) is 2.01. The van der Waals surface area contributed by atoms with Crippen LogP contribution >= 0.6 is 0 Å². The monoisotopic (exact) mass is 210 g/mol. The van der Waals surface area contributed by atoms with Gasteiger partial charge in [0.15, 0.2) is 0 Å². The fourth-order valence-electron chi connectivity index (χ4n) is 1.14. The number of phenols is 1. The lowest BCUT2D eigenvalue weighted by atomic mass is 10.0. The molecule has 0 aliphatic heterocycles. The zero-order valence-electron chi connectivity index (χ0n) is 9.32. The summed E-state index contributed by atoms with van der Waals surface area (Å²) in [6.07, 6.45) is 0. The number of aromatic hydroxyl groups is 1. The lowest BCUT2D eigenvalue weighted by molar-refractivity contribution is 0.256. The molecule has 84 valence electrons. The van der Waals surface area contributed by atoms with Gasteiger partial charge in [-0.1, -0.05) is 26.0 Å². The zero-order valence-corrected chi connectivity index (χ0v) is 9.32. The predicted octanol–water partition coefficient (Wildman–Crippen LogP) is 1.85. The Balaban J connectivity index is 0.000000423. The number of urea groups is 1. The Kier molecular flexibility index (Phi) is 5.23. The lowest BCUT2D eigenvalue weighted by Crippen LogP contribution is -2.18. The van der Waals surface area contributed by atoms with Gasteiger partial charge in [0.25, 0.3) is 0 Å². The summed E-state index contributed by atoms with van der Waals surface area (Å²) in [5.74, 6) is 0.815. The van der Waals surface area contributed by atoms with E-state index in [1.165, 1.54) is 0 Å². The van der Waals surface area contributed by atoms with E-state index in [1.54, 1.807) is 6.07 Å². The fraction of sp³-hybridized carbons (Fsp3) is 0.364. The number of rotatable bonds is 1. The Bertz CT molecular complexity index is 331. The van der Waals surface area contributed by atoms with E-state index in [-0.39, 0.29) is 0 Å². The number of aryl methyl sites for hydroxylation is 1. The summed E-state index contributed by atoms with van der Waals surface area (Å²) in [5.41, 5.74) is 10.6. The van der Waals surface area contributed by atoms with Gasteiger partial charge in [-0.25, -0.2) is 4.79 Å². The molecule has 4 heteroatoms. The summed E-state index contributed by atoms with van der Waals surface area (Å²) in [6.45, 7) is 6.12. The summed E-state index contributed by atoms with van der Waals surface area (Å²) in [5, 5.41) is 9.46. The van der Waals surface area contributed by atoms with Gasteiger partial charge in [0.05, 0.1) is 0 Å². The Labute approximate surface area is 89.9 Å². The van der Waals surface area contributed by atoms with E-state index in [0.29, 0.717) is 11.7 Å². The second-order valence-corrected chi connectivity index (χ2v) is 3.62. The number of hydrogen-bond donors (Lipinski definition) is 3. The number of nitrogens with two attached hydrogens (primary N) is 2. The second-order valence-electron chi connectivity index (χ2n) is 3.62. The quantitative estimate of drug-likeness (QED) is 0.660. The van der Waals surface area contributed by atoms with Crippen molar-refractivity contribution in [1.82, 2.24) is 0 Å². The third-order valence-corrected chi connectivity index (χ3v) is 1.81. The maximum atomic E-state index is 9.46. The van der Waals surface area contributed by atoms with Crippen LogP contribution in [0.5, 0.6) is 5.75 Å². The molecule has 1 rings (SSSR count). The standard InChI is InChI=1S/C10H14O.CH4N2O/c1-7(2)9-5-4-8(3)6-10(9)11;2-1(3)4/h4-7,11H,1-3H3;(H4,2,3,4). The van der Waals surface area contributed by atoms with Gasteiger partial charge in [-0.3, -0.25) is 0 Å². The first-order valence-corrected chi connectivity index (χ1v) is 4.69. The van der Waals surface area contributed by atoms with Crippen molar-refractivity contribution in [3.63, 3.8) is 0 Å². The number of phenolic OH excluding ortho intramolecular Hbond substituents is 1. The van der Waals surface area contributed by atoms with E-state index in [4.69, 9.17) is 4.79 Å². The van der Waals surface area contributed by atoms with E-state index >= 15 is 0 Å². The fourth-order valence-corrected chi connectivity index (χ4v) is 1.14. The molecule has 2 amide bonds. The number of carbonyl (C=O) groups excluding carboxylic acids is 1. The molecule has 0 aromatic heterocycles. The van der Waals surface area contributed by atoms with Gasteiger partial charge < -0.3 is 16.6 Å². The number of carbonyl (C=O) groups is 1. The summed E-state index contributed by atoms with van der Waals surface area (Å²) in [6, 6.07) is 4.97. The summed E-state index contributed by atoms with van der Waals surface area (Å²) in [7, 11) is 0. The highest BCUT2D eigenvalue weighted by molar-refractivity contribution is 5.69. The van der Waals surface area contributed by atoms with Crippen LogP contribution in [0.2, 0.25) is 0 Å². The molecule has 1 aromatic rings. The maximum Gasteiger partial charge on any atom is 0.309 e. The van der Waals surface area contributed by atoms with Crippen LogP contribution in [0.25, 0.3) is 0 Å². The molecule has 0 radical (unpaired) electrons. The molecule has 0 aliphatic carbocycles. The Morgan fingerprint density at radius 2 is 1.80 bits per heavy atom. The summed E-state index contributed by atoms with van der Waals surface area (Å²) < 4.78 is 0. The van der Waals surface area contributed by atoms with Crippen LogP contribution in [0.3, 0.4) is 0 Å². The minimum Gasteiger partial charge on any atom is -0.508 e. The molecule has 0 aliphatic rings. The third-order valence-electron chi connectivity index (χ3n) is 1.81.